The lowest BCUT2D eigenvalue weighted by Crippen LogP contribution is -2.08. The van der Waals surface area contributed by atoms with Gasteiger partial charge in [-0.05, 0) is 24.6 Å². The second-order valence-corrected chi connectivity index (χ2v) is 3.57. The van der Waals surface area contributed by atoms with Crippen LogP contribution >= 0.6 is 0 Å². The Labute approximate surface area is 93.9 Å². The van der Waals surface area contributed by atoms with Crippen molar-refractivity contribution < 1.29 is 4.79 Å². The molecule has 2 heterocycles. The van der Waals surface area contributed by atoms with E-state index >= 15 is 0 Å². The van der Waals surface area contributed by atoms with E-state index in [4.69, 9.17) is 0 Å². The first-order valence-electron chi connectivity index (χ1n) is 5.20. The molecule has 0 bridgehead atoms. The molecule has 0 amide bonds. The molecule has 0 atom stereocenters. The molecule has 0 spiro atoms. The van der Waals surface area contributed by atoms with Crippen LogP contribution in [0.3, 0.4) is 0 Å². The van der Waals surface area contributed by atoms with Gasteiger partial charge in [-0.2, -0.15) is 5.10 Å². The molecule has 0 aliphatic carbocycles. The van der Waals surface area contributed by atoms with Gasteiger partial charge in [-0.15, -0.1) is 0 Å². The number of aryl methyl sites for hydroxylation is 2. The molecular formula is C12H13N3O. The molecule has 2 rings (SSSR count). The standard InChI is InChI=1S/C12H13N3O/c1-3-10-7-11(15(2)14-10)12(16)9-5-4-6-13-8-9/h4-8H,3H2,1-2H3. The molecule has 2 aromatic heterocycles. The van der Waals surface area contributed by atoms with Crippen molar-refractivity contribution in [2.24, 2.45) is 7.05 Å². The van der Waals surface area contributed by atoms with E-state index in [1.807, 2.05) is 13.0 Å². The molecule has 0 aliphatic heterocycles. The first-order valence-corrected chi connectivity index (χ1v) is 5.20. The lowest BCUT2D eigenvalue weighted by molar-refractivity contribution is 0.103. The maximum absolute atomic E-state index is 12.1. The summed E-state index contributed by atoms with van der Waals surface area (Å²) in [6.45, 7) is 2.01. The van der Waals surface area contributed by atoms with Crippen molar-refractivity contribution in [3.63, 3.8) is 0 Å². The fourth-order valence-electron chi connectivity index (χ4n) is 1.56. The van der Waals surface area contributed by atoms with Crippen LogP contribution in [0.2, 0.25) is 0 Å². The summed E-state index contributed by atoms with van der Waals surface area (Å²) in [5.74, 6) is -0.0391. The lowest BCUT2D eigenvalue weighted by atomic mass is 10.1. The van der Waals surface area contributed by atoms with Crippen molar-refractivity contribution in [2.45, 2.75) is 13.3 Å². The topological polar surface area (TPSA) is 47.8 Å². The number of carbonyl (C=O) groups is 1. The third kappa shape index (κ3) is 1.86. The van der Waals surface area contributed by atoms with Crippen LogP contribution in [0.5, 0.6) is 0 Å². The van der Waals surface area contributed by atoms with Crippen LogP contribution in [-0.2, 0) is 13.5 Å². The summed E-state index contributed by atoms with van der Waals surface area (Å²) in [5.41, 5.74) is 2.12. The number of rotatable bonds is 3. The van der Waals surface area contributed by atoms with Crippen molar-refractivity contribution in [1.29, 1.82) is 0 Å². The van der Waals surface area contributed by atoms with Gasteiger partial charge in [0.25, 0.3) is 0 Å². The largest absolute Gasteiger partial charge is 0.287 e. The van der Waals surface area contributed by atoms with Crippen molar-refractivity contribution in [2.75, 3.05) is 0 Å². The molecule has 4 nitrogen and oxygen atoms in total. The molecule has 0 aromatic carbocycles. The predicted molar refractivity (Wildman–Crippen MR) is 60.3 cm³/mol. The Kier molecular flexibility index (Phi) is 2.81. The van der Waals surface area contributed by atoms with Gasteiger partial charge in [-0.1, -0.05) is 6.92 Å². The van der Waals surface area contributed by atoms with E-state index in [0.717, 1.165) is 12.1 Å². The Morgan fingerprint density at radius 3 is 2.88 bits per heavy atom. The zero-order chi connectivity index (χ0) is 11.5. The van der Waals surface area contributed by atoms with Gasteiger partial charge in [0, 0.05) is 25.0 Å². The van der Waals surface area contributed by atoms with E-state index in [1.54, 1.807) is 36.3 Å². The van der Waals surface area contributed by atoms with Crippen molar-refractivity contribution in [1.82, 2.24) is 14.8 Å². The zero-order valence-electron chi connectivity index (χ0n) is 9.34. The fraction of sp³-hybridized carbons (Fsp3) is 0.250. The molecule has 2 aromatic rings. The van der Waals surface area contributed by atoms with Crippen LogP contribution in [0.4, 0.5) is 0 Å². The summed E-state index contributed by atoms with van der Waals surface area (Å²) < 4.78 is 1.62. The quantitative estimate of drug-likeness (QED) is 0.731. The number of hydrogen-bond acceptors (Lipinski definition) is 3. The molecule has 0 radical (unpaired) electrons. The molecule has 0 saturated carbocycles. The number of nitrogens with zero attached hydrogens (tertiary/aromatic N) is 3. The van der Waals surface area contributed by atoms with E-state index in [-0.39, 0.29) is 5.78 Å². The maximum Gasteiger partial charge on any atom is 0.212 e. The molecule has 0 saturated heterocycles. The van der Waals surface area contributed by atoms with Crippen molar-refractivity contribution in [3.8, 4) is 0 Å². The van der Waals surface area contributed by atoms with Crippen LogP contribution in [0.25, 0.3) is 0 Å². The number of pyridine rings is 1. The second-order valence-electron chi connectivity index (χ2n) is 3.57. The minimum Gasteiger partial charge on any atom is -0.287 e. The zero-order valence-corrected chi connectivity index (χ0v) is 9.34. The Morgan fingerprint density at radius 2 is 2.31 bits per heavy atom. The van der Waals surface area contributed by atoms with Gasteiger partial charge >= 0.3 is 0 Å². The normalized spacial score (nSPS) is 10.4. The van der Waals surface area contributed by atoms with Crippen LogP contribution in [0.15, 0.2) is 30.6 Å². The lowest BCUT2D eigenvalue weighted by Gasteiger charge is -1.99. The van der Waals surface area contributed by atoms with Gasteiger partial charge in [-0.25, -0.2) is 0 Å². The summed E-state index contributed by atoms with van der Waals surface area (Å²) in [4.78, 5) is 16.0. The third-order valence-electron chi connectivity index (χ3n) is 2.45. The number of aromatic nitrogens is 3. The minimum absolute atomic E-state index is 0.0391. The van der Waals surface area contributed by atoms with Crippen LogP contribution in [0.1, 0.15) is 28.7 Å². The highest BCUT2D eigenvalue weighted by Gasteiger charge is 2.14. The Morgan fingerprint density at radius 1 is 1.50 bits per heavy atom. The van der Waals surface area contributed by atoms with Crippen LogP contribution in [0, 0.1) is 0 Å². The van der Waals surface area contributed by atoms with Gasteiger partial charge in [0.1, 0.15) is 5.69 Å². The smallest absolute Gasteiger partial charge is 0.212 e. The highest BCUT2D eigenvalue weighted by atomic mass is 16.1. The van der Waals surface area contributed by atoms with Gasteiger partial charge in [0.05, 0.1) is 5.69 Å². The highest BCUT2D eigenvalue weighted by Crippen LogP contribution is 2.10. The Hall–Kier alpha value is -1.97. The monoisotopic (exact) mass is 215 g/mol. The van der Waals surface area contributed by atoms with Gasteiger partial charge in [-0.3, -0.25) is 14.5 Å². The highest BCUT2D eigenvalue weighted by molar-refractivity contribution is 6.07. The van der Waals surface area contributed by atoms with E-state index in [9.17, 15) is 4.79 Å². The number of hydrogen-bond donors (Lipinski definition) is 0. The maximum atomic E-state index is 12.1. The molecular weight excluding hydrogens is 202 g/mol. The van der Waals surface area contributed by atoms with Crippen molar-refractivity contribution >= 4 is 5.78 Å². The SMILES string of the molecule is CCc1cc(C(=O)c2cccnc2)n(C)n1. The summed E-state index contributed by atoms with van der Waals surface area (Å²) in [6, 6.07) is 5.34. The summed E-state index contributed by atoms with van der Waals surface area (Å²) in [5, 5.41) is 4.25. The molecule has 0 aliphatic rings. The summed E-state index contributed by atoms with van der Waals surface area (Å²) in [6.07, 6.45) is 4.05. The molecule has 16 heavy (non-hydrogen) atoms. The van der Waals surface area contributed by atoms with Crippen LogP contribution in [-0.4, -0.2) is 20.5 Å². The van der Waals surface area contributed by atoms with E-state index in [0.29, 0.717) is 11.3 Å². The average Bonchev–Trinajstić information content (AvgIpc) is 2.71. The molecule has 0 unspecified atom stereocenters. The first kappa shape index (κ1) is 10.5. The molecule has 0 fully saturated rings. The first-order chi connectivity index (χ1) is 7.72. The van der Waals surface area contributed by atoms with Gasteiger partial charge in [0.15, 0.2) is 0 Å². The molecule has 82 valence electrons. The van der Waals surface area contributed by atoms with Gasteiger partial charge in [0.2, 0.25) is 5.78 Å². The van der Waals surface area contributed by atoms with Crippen LogP contribution < -0.4 is 0 Å². The average molecular weight is 215 g/mol. The fourth-order valence-corrected chi connectivity index (χ4v) is 1.56. The van der Waals surface area contributed by atoms with Crippen molar-refractivity contribution in [3.05, 3.63) is 47.5 Å². The molecule has 0 N–H and O–H groups in total. The van der Waals surface area contributed by atoms with E-state index in [1.165, 1.54) is 0 Å². The van der Waals surface area contributed by atoms with E-state index < -0.39 is 0 Å². The summed E-state index contributed by atoms with van der Waals surface area (Å²) >= 11 is 0. The Bertz CT molecular complexity index is 502. The summed E-state index contributed by atoms with van der Waals surface area (Å²) in [7, 11) is 1.78. The Balaban J connectivity index is 2.38. The van der Waals surface area contributed by atoms with Gasteiger partial charge < -0.3 is 0 Å². The minimum atomic E-state index is -0.0391. The third-order valence-corrected chi connectivity index (χ3v) is 2.45. The molecule has 4 heteroatoms. The predicted octanol–water partition coefficient (Wildman–Crippen LogP) is 1.61. The van der Waals surface area contributed by atoms with E-state index in [2.05, 4.69) is 10.1 Å². The number of ketones is 1. The number of carbonyl (C=O) groups excluding carboxylic acids is 1. The second kappa shape index (κ2) is 4.26.